The Kier molecular flexibility index (Phi) is 4.19. The van der Waals surface area contributed by atoms with E-state index in [0.29, 0.717) is 24.0 Å². The van der Waals surface area contributed by atoms with E-state index in [1.165, 1.54) is 0 Å². The Labute approximate surface area is 113 Å². The SMILES string of the molecule is CC1CN(S(=O)(=O)Cc2ccc(N)cc2)CCS1. The molecule has 0 aromatic heterocycles. The number of benzene rings is 1. The third-order valence-electron chi connectivity index (χ3n) is 2.93. The van der Waals surface area contributed by atoms with Crippen molar-refractivity contribution in [3.05, 3.63) is 29.8 Å². The lowest BCUT2D eigenvalue weighted by Crippen LogP contribution is -2.41. The lowest BCUT2D eigenvalue weighted by Gasteiger charge is -2.29. The van der Waals surface area contributed by atoms with Crippen molar-refractivity contribution in [2.45, 2.75) is 17.9 Å². The molecular formula is C12H18N2O2S2. The maximum Gasteiger partial charge on any atom is 0.218 e. The number of hydrogen-bond donors (Lipinski definition) is 1. The summed E-state index contributed by atoms with van der Waals surface area (Å²) >= 11 is 1.82. The van der Waals surface area contributed by atoms with Crippen molar-refractivity contribution in [3.63, 3.8) is 0 Å². The minimum absolute atomic E-state index is 0.0602. The van der Waals surface area contributed by atoms with E-state index in [4.69, 9.17) is 5.73 Å². The van der Waals surface area contributed by atoms with Gasteiger partial charge < -0.3 is 5.73 Å². The first-order valence-corrected chi connectivity index (χ1v) is 8.57. The number of rotatable bonds is 3. The average Bonchev–Trinajstić information content (AvgIpc) is 2.32. The van der Waals surface area contributed by atoms with Gasteiger partial charge in [-0.3, -0.25) is 0 Å². The molecule has 1 atom stereocenters. The van der Waals surface area contributed by atoms with E-state index in [2.05, 4.69) is 6.92 Å². The second-order valence-electron chi connectivity index (χ2n) is 4.54. The summed E-state index contributed by atoms with van der Waals surface area (Å²) in [5, 5.41) is 0.375. The van der Waals surface area contributed by atoms with Crippen LogP contribution in [-0.2, 0) is 15.8 Å². The molecule has 0 bridgehead atoms. The number of nitrogen functional groups attached to an aromatic ring is 1. The number of nitrogens with zero attached hydrogens (tertiary/aromatic N) is 1. The lowest BCUT2D eigenvalue weighted by molar-refractivity contribution is 0.423. The fourth-order valence-electron chi connectivity index (χ4n) is 1.95. The third-order valence-corrected chi connectivity index (χ3v) is 5.88. The number of nitrogens with two attached hydrogens (primary N) is 1. The van der Waals surface area contributed by atoms with Crippen LogP contribution in [0.5, 0.6) is 0 Å². The van der Waals surface area contributed by atoms with E-state index in [9.17, 15) is 8.42 Å². The van der Waals surface area contributed by atoms with Crippen molar-refractivity contribution in [1.82, 2.24) is 4.31 Å². The van der Waals surface area contributed by atoms with Gasteiger partial charge in [-0.25, -0.2) is 8.42 Å². The topological polar surface area (TPSA) is 63.4 Å². The summed E-state index contributed by atoms with van der Waals surface area (Å²) in [6.45, 7) is 3.30. The smallest absolute Gasteiger partial charge is 0.218 e. The van der Waals surface area contributed by atoms with Crippen LogP contribution in [0.25, 0.3) is 0 Å². The van der Waals surface area contributed by atoms with Crippen LogP contribution in [0.2, 0.25) is 0 Å². The fourth-order valence-corrected chi connectivity index (χ4v) is 4.79. The highest BCUT2D eigenvalue weighted by Crippen LogP contribution is 2.22. The Hall–Kier alpha value is -0.720. The van der Waals surface area contributed by atoms with E-state index < -0.39 is 10.0 Å². The molecule has 0 saturated carbocycles. The van der Waals surface area contributed by atoms with Gasteiger partial charge in [-0.1, -0.05) is 19.1 Å². The summed E-state index contributed by atoms with van der Waals surface area (Å²) in [4.78, 5) is 0. The standard InChI is InChI=1S/C12H18N2O2S2/c1-10-8-14(6-7-17-10)18(15,16)9-11-2-4-12(13)5-3-11/h2-5,10H,6-9,13H2,1H3. The monoisotopic (exact) mass is 286 g/mol. The van der Waals surface area contributed by atoms with Gasteiger partial charge in [-0.2, -0.15) is 16.1 Å². The van der Waals surface area contributed by atoms with Crippen LogP contribution >= 0.6 is 11.8 Å². The zero-order valence-corrected chi connectivity index (χ0v) is 12.0. The van der Waals surface area contributed by atoms with E-state index in [-0.39, 0.29) is 5.75 Å². The van der Waals surface area contributed by atoms with Crippen LogP contribution in [-0.4, -0.2) is 36.8 Å². The van der Waals surface area contributed by atoms with E-state index in [0.717, 1.165) is 11.3 Å². The molecular weight excluding hydrogens is 268 g/mol. The maximum absolute atomic E-state index is 12.3. The predicted molar refractivity (Wildman–Crippen MR) is 77.0 cm³/mol. The van der Waals surface area contributed by atoms with Gasteiger partial charge in [0.25, 0.3) is 0 Å². The second-order valence-corrected chi connectivity index (χ2v) is 8.05. The highest BCUT2D eigenvalue weighted by molar-refractivity contribution is 8.00. The van der Waals surface area contributed by atoms with Crippen molar-refractivity contribution >= 4 is 27.5 Å². The molecule has 1 aromatic carbocycles. The number of sulfonamides is 1. The molecule has 2 rings (SSSR count). The molecule has 18 heavy (non-hydrogen) atoms. The Morgan fingerprint density at radius 3 is 2.67 bits per heavy atom. The molecule has 2 N–H and O–H groups in total. The van der Waals surface area contributed by atoms with Gasteiger partial charge in [0, 0.05) is 29.8 Å². The first-order valence-electron chi connectivity index (χ1n) is 5.91. The number of hydrogen-bond acceptors (Lipinski definition) is 4. The second kappa shape index (κ2) is 5.50. The summed E-state index contributed by atoms with van der Waals surface area (Å²) in [6.07, 6.45) is 0. The highest BCUT2D eigenvalue weighted by atomic mass is 32.2. The Morgan fingerprint density at radius 1 is 1.39 bits per heavy atom. The van der Waals surface area contributed by atoms with Gasteiger partial charge >= 0.3 is 0 Å². The van der Waals surface area contributed by atoms with E-state index >= 15 is 0 Å². The Morgan fingerprint density at radius 2 is 2.06 bits per heavy atom. The molecule has 0 aliphatic carbocycles. The zero-order chi connectivity index (χ0) is 13.2. The van der Waals surface area contributed by atoms with Crippen LogP contribution in [0.3, 0.4) is 0 Å². The molecule has 1 fully saturated rings. The van der Waals surface area contributed by atoms with Crippen LogP contribution in [0.4, 0.5) is 5.69 Å². The average molecular weight is 286 g/mol. The van der Waals surface area contributed by atoms with Crippen molar-refractivity contribution in [3.8, 4) is 0 Å². The van der Waals surface area contributed by atoms with Crippen LogP contribution in [0.1, 0.15) is 12.5 Å². The largest absolute Gasteiger partial charge is 0.399 e. The van der Waals surface area contributed by atoms with Crippen molar-refractivity contribution in [2.24, 2.45) is 0 Å². The minimum atomic E-state index is -3.20. The van der Waals surface area contributed by atoms with Crippen molar-refractivity contribution in [1.29, 1.82) is 0 Å². The molecule has 4 nitrogen and oxygen atoms in total. The van der Waals surface area contributed by atoms with Gasteiger partial charge in [0.15, 0.2) is 0 Å². The molecule has 1 aliphatic heterocycles. The number of thioether (sulfide) groups is 1. The van der Waals surface area contributed by atoms with Crippen molar-refractivity contribution in [2.75, 3.05) is 24.6 Å². The van der Waals surface area contributed by atoms with Crippen LogP contribution < -0.4 is 5.73 Å². The van der Waals surface area contributed by atoms with Gasteiger partial charge in [0.2, 0.25) is 10.0 Å². The molecule has 1 aromatic rings. The normalized spacial score (nSPS) is 21.9. The molecule has 0 radical (unpaired) electrons. The Balaban J connectivity index is 2.09. The minimum Gasteiger partial charge on any atom is -0.399 e. The van der Waals surface area contributed by atoms with Gasteiger partial charge in [-0.05, 0) is 17.7 Å². The maximum atomic E-state index is 12.3. The quantitative estimate of drug-likeness (QED) is 0.856. The molecule has 0 amide bonds. The van der Waals surface area contributed by atoms with Crippen molar-refractivity contribution < 1.29 is 8.42 Å². The molecule has 1 saturated heterocycles. The van der Waals surface area contributed by atoms with Gasteiger partial charge in [0.05, 0.1) is 5.75 Å². The summed E-state index contributed by atoms with van der Waals surface area (Å²) < 4.78 is 26.1. The summed E-state index contributed by atoms with van der Waals surface area (Å²) in [7, 11) is -3.20. The lowest BCUT2D eigenvalue weighted by atomic mass is 10.2. The number of anilines is 1. The highest BCUT2D eigenvalue weighted by Gasteiger charge is 2.27. The molecule has 1 unspecified atom stereocenters. The van der Waals surface area contributed by atoms with E-state index in [1.54, 1.807) is 28.6 Å². The summed E-state index contributed by atoms with van der Waals surface area (Å²) in [5.41, 5.74) is 7.03. The van der Waals surface area contributed by atoms with Crippen LogP contribution in [0, 0.1) is 0 Å². The molecule has 1 heterocycles. The Bertz CT molecular complexity index is 499. The zero-order valence-electron chi connectivity index (χ0n) is 10.4. The van der Waals surface area contributed by atoms with E-state index in [1.807, 2.05) is 11.8 Å². The predicted octanol–water partition coefficient (Wildman–Crippen LogP) is 1.54. The molecule has 6 heteroatoms. The third kappa shape index (κ3) is 3.40. The molecule has 100 valence electrons. The summed E-state index contributed by atoms with van der Waals surface area (Å²) in [5.74, 6) is 0.937. The van der Waals surface area contributed by atoms with Crippen LogP contribution in [0.15, 0.2) is 24.3 Å². The van der Waals surface area contributed by atoms with Gasteiger partial charge in [0.1, 0.15) is 0 Å². The fraction of sp³-hybridized carbons (Fsp3) is 0.500. The first kappa shape index (κ1) is 13.7. The molecule has 1 aliphatic rings. The molecule has 0 spiro atoms. The van der Waals surface area contributed by atoms with Gasteiger partial charge in [-0.15, -0.1) is 0 Å². The first-order chi connectivity index (χ1) is 8.47. The summed E-state index contributed by atoms with van der Waals surface area (Å²) in [6, 6.07) is 7.02.